The van der Waals surface area contributed by atoms with Crippen molar-refractivity contribution in [1.29, 1.82) is 0 Å². The van der Waals surface area contributed by atoms with Gasteiger partial charge < -0.3 is 15.9 Å². The van der Waals surface area contributed by atoms with Gasteiger partial charge in [0.05, 0.1) is 28.0 Å². The number of aromatic hydroxyl groups is 1. The summed E-state index contributed by atoms with van der Waals surface area (Å²) in [5.74, 6) is -0.194. The van der Waals surface area contributed by atoms with Crippen LogP contribution in [0.3, 0.4) is 0 Å². The second-order valence-corrected chi connectivity index (χ2v) is 9.15. The lowest BCUT2D eigenvalue weighted by Gasteiger charge is -2.26. The minimum absolute atomic E-state index is 0.139. The van der Waals surface area contributed by atoms with E-state index >= 15 is 0 Å². The highest BCUT2D eigenvalue weighted by atomic mass is 79.9. The summed E-state index contributed by atoms with van der Waals surface area (Å²) in [5, 5.41) is 23.2. The quantitative estimate of drug-likeness (QED) is 0.359. The number of nitrogens with zero attached hydrogens (tertiary/aromatic N) is 4. The molecule has 9 heteroatoms. The number of nitrogens with two attached hydrogens (primary N) is 1. The molecule has 0 unspecified atom stereocenters. The van der Waals surface area contributed by atoms with Crippen LogP contribution < -0.4 is 5.73 Å². The maximum Gasteiger partial charge on any atom is 0.306 e. The van der Waals surface area contributed by atoms with E-state index in [4.69, 9.17) is 10.7 Å². The van der Waals surface area contributed by atoms with E-state index in [0.29, 0.717) is 28.8 Å². The monoisotopic (exact) mass is 507 g/mol. The third-order valence-corrected chi connectivity index (χ3v) is 7.16. The maximum atomic E-state index is 11.3. The fourth-order valence-corrected chi connectivity index (χ4v) is 5.04. The van der Waals surface area contributed by atoms with E-state index in [-0.39, 0.29) is 17.6 Å². The second kappa shape index (κ2) is 8.47. The van der Waals surface area contributed by atoms with Gasteiger partial charge in [-0.25, -0.2) is 4.98 Å². The number of pyridine rings is 1. The van der Waals surface area contributed by atoms with Gasteiger partial charge in [0.25, 0.3) is 0 Å². The normalized spacial score (nSPS) is 18.5. The number of aliphatic carboxylic acids is 1. The summed E-state index contributed by atoms with van der Waals surface area (Å²) in [6, 6.07) is 10.8. The molecule has 1 fully saturated rings. The number of nitrogen functional groups attached to an aromatic ring is 1. The predicted molar refractivity (Wildman–Crippen MR) is 128 cm³/mol. The lowest BCUT2D eigenvalue weighted by atomic mass is 9.80. The maximum absolute atomic E-state index is 11.3. The van der Waals surface area contributed by atoms with Crippen LogP contribution in [0.5, 0.6) is 5.75 Å². The van der Waals surface area contributed by atoms with Crippen molar-refractivity contribution in [1.82, 2.24) is 19.6 Å². The van der Waals surface area contributed by atoms with Gasteiger partial charge in [-0.15, -0.1) is 0 Å². The minimum atomic E-state index is -0.725. The third kappa shape index (κ3) is 3.93. The first-order chi connectivity index (χ1) is 15.9. The molecule has 4 N–H and O–H groups in total. The summed E-state index contributed by atoms with van der Waals surface area (Å²) in [6.07, 6.45) is 6.28. The van der Waals surface area contributed by atoms with Crippen LogP contribution in [0.1, 0.15) is 37.3 Å². The van der Waals surface area contributed by atoms with Gasteiger partial charge in [0.1, 0.15) is 11.6 Å². The molecule has 0 aliphatic heterocycles. The lowest BCUT2D eigenvalue weighted by Crippen LogP contribution is -2.21. The molecule has 0 spiro atoms. The van der Waals surface area contributed by atoms with E-state index in [1.54, 1.807) is 29.0 Å². The number of fused-ring (bicyclic) bond motifs is 1. The standard InChI is InChI=1S/C24H22BrN5O3/c25-20-21(14-1-3-15(4-2-14)24(32)33)29-23-18(12-28-30(23)22(20)26)16-7-10-19(27-11-16)13-5-8-17(31)9-6-13/h5-12,14-15,31H,1-4,26H2,(H,32,33)/t14-,15-. The summed E-state index contributed by atoms with van der Waals surface area (Å²) >= 11 is 3.59. The smallest absolute Gasteiger partial charge is 0.306 e. The predicted octanol–water partition coefficient (Wildman–Crippen LogP) is 4.87. The highest BCUT2D eigenvalue weighted by molar-refractivity contribution is 9.10. The van der Waals surface area contributed by atoms with Gasteiger partial charge in [-0.3, -0.25) is 9.78 Å². The molecule has 3 aromatic heterocycles. The Morgan fingerprint density at radius 2 is 1.73 bits per heavy atom. The van der Waals surface area contributed by atoms with Crippen LogP contribution in [0.4, 0.5) is 5.82 Å². The Hall–Kier alpha value is -3.46. The number of anilines is 1. The molecule has 0 bridgehead atoms. The Labute approximate surface area is 198 Å². The van der Waals surface area contributed by atoms with Crippen LogP contribution in [-0.4, -0.2) is 35.8 Å². The first kappa shape index (κ1) is 21.4. The number of hydrogen-bond acceptors (Lipinski definition) is 6. The first-order valence-corrected chi connectivity index (χ1v) is 11.5. The van der Waals surface area contributed by atoms with Crippen molar-refractivity contribution in [3.8, 4) is 28.1 Å². The first-order valence-electron chi connectivity index (χ1n) is 10.7. The fourth-order valence-electron chi connectivity index (χ4n) is 4.46. The van der Waals surface area contributed by atoms with E-state index in [1.165, 1.54) is 0 Å². The van der Waals surface area contributed by atoms with Gasteiger partial charge in [-0.2, -0.15) is 9.61 Å². The average Bonchev–Trinajstić information content (AvgIpc) is 3.26. The highest BCUT2D eigenvalue weighted by Gasteiger charge is 2.30. The molecule has 8 nitrogen and oxygen atoms in total. The van der Waals surface area contributed by atoms with Crippen LogP contribution in [0, 0.1) is 5.92 Å². The van der Waals surface area contributed by atoms with Gasteiger partial charge in [-0.1, -0.05) is 6.07 Å². The van der Waals surface area contributed by atoms with Crippen molar-refractivity contribution in [2.45, 2.75) is 31.6 Å². The van der Waals surface area contributed by atoms with Gasteiger partial charge in [0.15, 0.2) is 5.65 Å². The van der Waals surface area contributed by atoms with Gasteiger partial charge >= 0.3 is 5.97 Å². The third-order valence-electron chi connectivity index (χ3n) is 6.35. The molecule has 33 heavy (non-hydrogen) atoms. The molecule has 4 aromatic rings. The molecular weight excluding hydrogens is 486 g/mol. The highest BCUT2D eigenvalue weighted by Crippen LogP contribution is 2.40. The number of halogens is 1. The Kier molecular flexibility index (Phi) is 5.49. The molecule has 0 saturated heterocycles. The molecule has 3 heterocycles. The van der Waals surface area contributed by atoms with Crippen LogP contribution in [0.15, 0.2) is 53.3 Å². The zero-order valence-corrected chi connectivity index (χ0v) is 19.2. The summed E-state index contributed by atoms with van der Waals surface area (Å²) in [5.41, 5.74) is 11.3. The second-order valence-electron chi connectivity index (χ2n) is 8.36. The van der Waals surface area contributed by atoms with E-state index in [2.05, 4.69) is 26.0 Å². The topological polar surface area (TPSA) is 127 Å². The van der Waals surface area contributed by atoms with Gasteiger partial charge in [-0.05, 0) is 71.9 Å². The largest absolute Gasteiger partial charge is 0.508 e. The van der Waals surface area contributed by atoms with Crippen molar-refractivity contribution in [2.75, 3.05) is 5.73 Å². The number of phenols is 1. The molecule has 5 rings (SSSR count). The van der Waals surface area contributed by atoms with Gasteiger partial charge in [0.2, 0.25) is 0 Å². The van der Waals surface area contributed by atoms with Crippen LogP contribution in [0.25, 0.3) is 28.0 Å². The van der Waals surface area contributed by atoms with Crippen molar-refractivity contribution in [3.05, 3.63) is 59.0 Å². The SMILES string of the molecule is Nc1c(Br)c([C@H]2CC[C@H](C(=O)O)CC2)nc2c(-c3ccc(-c4ccc(O)cc4)nc3)cnn12. The average molecular weight is 508 g/mol. The number of benzene rings is 1. The zero-order chi connectivity index (χ0) is 23.1. The number of rotatable bonds is 4. The Bertz CT molecular complexity index is 1330. The van der Waals surface area contributed by atoms with Crippen molar-refractivity contribution < 1.29 is 15.0 Å². The summed E-state index contributed by atoms with van der Waals surface area (Å²) in [7, 11) is 0. The number of hydrogen-bond donors (Lipinski definition) is 3. The Morgan fingerprint density at radius 1 is 1.03 bits per heavy atom. The Balaban J connectivity index is 1.49. The van der Waals surface area contributed by atoms with E-state index in [1.807, 2.05) is 24.3 Å². The molecule has 0 radical (unpaired) electrons. The number of carbonyl (C=O) groups is 1. The van der Waals surface area contributed by atoms with Gasteiger partial charge in [0, 0.05) is 28.8 Å². The van der Waals surface area contributed by atoms with E-state index in [0.717, 1.165) is 40.9 Å². The number of carboxylic acid groups (broad SMARTS) is 1. The molecule has 1 aromatic carbocycles. The molecule has 168 valence electrons. The van der Waals surface area contributed by atoms with E-state index < -0.39 is 5.97 Å². The minimum Gasteiger partial charge on any atom is -0.508 e. The number of aromatic nitrogens is 4. The molecule has 0 amide bonds. The summed E-state index contributed by atoms with van der Waals surface area (Å²) in [4.78, 5) is 20.8. The number of carboxylic acids is 1. The Morgan fingerprint density at radius 3 is 2.36 bits per heavy atom. The zero-order valence-electron chi connectivity index (χ0n) is 17.6. The molecule has 1 aliphatic carbocycles. The van der Waals surface area contributed by atoms with Crippen molar-refractivity contribution in [3.63, 3.8) is 0 Å². The molecule has 1 aliphatic rings. The van der Waals surface area contributed by atoms with Crippen LogP contribution in [0.2, 0.25) is 0 Å². The lowest BCUT2D eigenvalue weighted by molar-refractivity contribution is -0.142. The number of phenolic OH excluding ortho intramolecular Hbond substituents is 1. The summed E-state index contributed by atoms with van der Waals surface area (Å²) < 4.78 is 2.32. The van der Waals surface area contributed by atoms with Crippen molar-refractivity contribution in [2.24, 2.45) is 5.92 Å². The van der Waals surface area contributed by atoms with Crippen molar-refractivity contribution >= 4 is 33.4 Å². The molecular formula is C24H22BrN5O3. The molecule has 1 saturated carbocycles. The van der Waals surface area contributed by atoms with Crippen LogP contribution >= 0.6 is 15.9 Å². The van der Waals surface area contributed by atoms with E-state index in [9.17, 15) is 15.0 Å². The molecule has 0 atom stereocenters. The fraction of sp³-hybridized carbons (Fsp3) is 0.250. The summed E-state index contributed by atoms with van der Waals surface area (Å²) in [6.45, 7) is 0. The van der Waals surface area contributed by atoms with Crippen LogP contribution in [-0.2, 0) is 4.79 Å².